The van der Waals surface area contributed by atoms with E-state index in [1.807, 2.05) is 13.8 Å². The van der Waals surface area contributed by atoms with E-state index in [1.165, 1.54) is 0 Å². The first kappa shape index (κ1) is 12.1. The van der Waals surface area contributed by atoms with Gasteiger partial charge in [-0.2, -0.15) is 5.10 Å². The van der Waals surface area contributed by atoms with Crippen molar-refractivity contribution in [2.45, 2.75) is 13.8 Å². The second kappa shape index (κ2) is 4.90. The zero-order chi connectivity index (χ0) is 12.4. The highest BCUT2D eigenvalue weighted by Crippen LogP contribution is 2.25. The number of halogens is 2. The Balaban J connectivity index is 2.39. The average Bonchev–Trinajstić information content (AvgIpc) is 2.59. The fourth-order valence-electron chi connectivity index (χ4n) is 1.50. The molecule has 0 aliphatic rings. The predicted octanol–water partition coefficient (Wildman–Crippen LogP) is 4.08. The van der Waals surface area contributed by atoms with Crippen LogP contribution < -0.4 is 0 Å². The molecule has 1 heterocycles. The third kappa shape index (κ3) is 2.51. The number of benzene rings is 1. The number of aromatic nitrogens is 2. The number of aliphatic imine (C=N–C) groups is 1. The summed E-state index contributed by atoms with van der Waals surface area (Å²) >= 11 is 12.1. The summed E-state index contributed by atoms with van der Waals surface area (Å²) in [5, 5.41) is 8.11. The molecule has 0 saturated heterocycles. The molecular formula is C12H11Cl2N3. The normalized spacial score (nSPS) is 11.3. The molecule has 88 valence electrons. The molecule has 0 aliphatic heterocycles. The molecule has 1 aromatic heterocycles. The zero-order valence-corrected chi connectivity index (χ0v) is 11.0. The van der Waals surface area contributed by atoms with E-state index in [0.717, 1.165) is 22.6 Å². The molecule has 0 aliphatic carbocycles. The van der Waals surface area contributed by atoms with Crippen molar-refractivity contribution in [3.8, 4) is 0 Å². The third-order valence-electron chi connectivity index (χ3n) is 2.41. The van der Waals surface area contributed by atoms with Gasteiger partial charge in [-0.1, -0.05) is 29.3 Å². The summed E-state index contributed by atoms with van der Waals surface area (Å²) in [5.41, 5.74) is 3.31. The highest BCUT2D eigenvalue weighted by molar-refractivity contribution is 6.38. The van der Waals surface area contributed by atoms with E-state index < -0.39 is 0 Å². The van der Waals surface area contributed by atoms with Gasteiger partial charge in [0.2, 0.25) is 0 Å². The lowest BCUT2D eigenvalue weighted by Crippen LogP contribution is -1.85. The lowest BCUT2D eigenvalue weighted by Gasteiger charge is -2.00. The standard InChI is InChI=1S/C12H11Cl2N3/c1-7-12(8(2)17-16-7)15-6-9-10(13)4-3-5-11(9)14/h3-6H,1-2H3,(H,16,17). The largest absolute Gasteiger partial charge is 0.280 e. The van der Waals surface area contributed by atoms with Gasteiger partial charge in [-0.25, -0.2) is 0 Å². The number of H-pyrrole nitrogens is 1. The summed E-state index contributed by atoms with van der Waals surface area (Å²) in [7, 11) is 0. The van der Waals surface area contributed by atoms with Gasteiger partial charge in [0.25, 0.3) is 0 Å². The Bertz CT molecular complexity index is 533. The minimum Gasteiger partial charge on any atom is -0.280 e. The molecule has 17 heavy (non-hydrogen) atoms. The number of nitrogens with zero attached hydrogens (tertiary/aromatic N) is 2. The maximum atomic E-state index is 6.05. The fraction of sp³-hybridized carbons (Fsp3) is 0.167. The minimum atomic E-state index is 0.583. The summed E-state index contributed by atoms with van der Waals surface area (Å²) in [6.07, 6.45) is 1.66. The smallest absolute Gasteiger partial charge is 0.106 e. The molecule has 1 N–H and O–H groups in total. The maximum Gasteiger partial charge on any atom is 0.106 e. The Morgan fingerprint density at radius 1 is 1.24 bits per heavy atom. The molecule has 0 unspecified atom stereocenters. The van der Waals surface area contributed by atoms with Crippen molar-refractivity contribution in [3.63, 3.8) is 0 Å². The van der Waals surface area contributed by atoms with Gasteiger partial charge < -0.3 is 0 Å². The van der Waals surface area contributed by atoms with Crippen LogP contribution in [0.4, 0.5) is 5.69 Å². The summed E-state index contributed by atoms with van der Waals surface area (Å²) in [6, 6.07) is 5.37. The van der Waals surface area contributed by atoms with E-state index in [9.17, 15) is 0 Å². The minimum absolute atomic E-state index is 0.583. The molecule has 0 radical (unpaired) electrons. The number of rotatable bonds is 2. The predicted molar refractivity (Wildman–Crippen MR) is 71.8 cm³/mol. The summed E-state index contributed by atoms with van der Waals surface area (Å²) < 4.78 is 0. The number of hydrogen-bond donors (Lipinski definition) is 1. The van der Waals surface area contributed by atoms with Crippen molar-refractivity contribution in [1.82, 2.24) is 10.2 Å². The molecule has 0 saturated carbocycles. The van der Waals surface area contributed by atoms with Gasteiger partial charge in [0.1, 0.15) is 5.69 Å². The monoisotopic (exact) mass is 267 g/mol. The van der Waals surface area contributed by atoms with Crippen LogP contribution in [0.25, 0.3) is 0 Å². The zero-order valence-electron chi connectivity index (χ0n) is 9.46. The van der Waals surface area contributed by atoms with E-state index in [0.29, 0.717) is 10.0 Å². The van der Waals surface area contributed by atoms with Crippen LogP contribution in [-0.4, -0.2) is 16.4 Å². The highest BCUT2D eigenvalue weighted by Gasteiger charge is 2.05. The van der Waals surface area contributed by atoms with Crippen molar-refractivity contribution in [1.29, 1.82) is 0 Å². The topological polar surface area (TPSA) is 41.0 Å². The van der Waals surface area contributed by atoms with Gasteiger partial charge in [0, 0.05) is 11.8 Å². The Labute approximate surface area is 109 Å². The third-order valence-corrected chi connectivity index (χ3v) is 3.07. The first-order valence-electron chi connectivity index (χ1n) is 5.09. The molecular weight excluding hydrogens is 257 g/mol. The van der Waals surface area contributed by atoms with Gasteiger partial charge in [-0.3, -0.25) is 10.1 Å². The van der Waals surface area contributed by atoms with Gasteiger partial charge >= 0.3 is 0 Å². The second-order valence-electron chi connectivity index (χ2n) is 3.68. The molecule has 0 spiro atoms. The van der Waals surface area contributed by atoms with Gasteiger partial charge in [-0.15, -0.1) is 0 Å². The van der Waals surface area contributed by atoms with Crippen LogP contribution in [0, 0.1) is 13.8 Å². The van der Waals surface area contributed by atoms with Crippen LogP contribution in [0.1, 0.15) is 17.0 Å². The van der Waals surface area contributed by atoms with Crippen molar-refractivity contribution < 1.29 is 0 Å². The number of aryl methyl sites for hydroxylation is 2. The molecule has 5 heteroatoms. The summed E-state index contributed by atoms with van der Waals surface area (Å²) in [4.78, 5) is 4.37. The Morgan fingerprint density at radius 3 is 2.41 bits per heavy atom. The average molecular weight is 268 g/mol. The van der Waals surface area contributed by atoms with Crippen LogP contribution in [0.5, 0.6) is 0 Å². The summed E-state index contributed by atoms with van der Waals surface area (Å²) in [5.74, 6) is 0. The van der Waals surface area contributed by atoms with Gasteiger partial charge in [0.15, 0.2) is 0 Å². The van der Waals surface area contributed by atoms with Crippen LogP contribution >= 0.6 is 23.2 Å². The number of aromatic amines is 1. The first-order chi connectivity index (χ1) is 8.09. The molecule has 0 atom stereocenters. The highest BCUT2D eigenvalue weighted by atomic mass is 35.5. The first-order valence-corrected chi connectivity index (χ1v) is 5.85. The van der Waals surface area contributed by atoms with Crippen molar-refractivity contribution in [3.05, 3.63) is 45.2 Å². The fourth-order valence-corrected chi connectivity index (χ4v) is 1.99. The lowest BCUT2D eigenvalue weighted by atomic mass is 10.2. The molecule has 0 bridgehead atoms. The molecule has 2 rings (SSSR count). The Kier molecular flexibility index (Phi) is 3.50. The molecule has 0 amide bonds. The van der Waals surface area contributed by atoms with E-state index >= 15 is 0 Å². The van der Waals surface area contributed by atoms with E-state index in [4.69, 9.17) is 23.2 Å². The van der Waals surface area contributed by atoms with Crippen LogP contribution in [-0.2, 0) is 0 Å². The van der Waals surface area contributed by atoms with Crippen molar-refractivity contribution >= 4 is 35.1 Å². The summed E-state index contributed by atoms with van der Waals surface area (Å²) in [6.45, 7) is 3.81. The number of hydrogen-bond acceptors (Lipinski definition) is 2. The van der Waals surface area contributed by atoms with Crippen LogP contribution in [0.3, 0.4) is 0 Å². The SMILES string of the molecule is Cc1n[nH]c(C)c1N=Cc1c(Cl)cccc1Cl. The molecule has 0 fully saturated rings. The lowest BCUT2D eigenvalue weighted by molar-refractivity contribution is 1.02. The van der Waals surface area contributed by atoms with E-state index in [2.05, 4.69) is 15.2 Å². The molecule has 1 aromatic carbocycles. The second-order valence-corrected chi connectivity index (χ2v) is 4.49. The van der Waals surface area contributed by atoms with Crippen LogP contribution in [0.15, 0.2) is 23.2 Å². The van der Waals surface area contributed by atoms with Gasteiger partial charge in [-0.05, 0) is 26.0 Å². The Hall–Kier alpha value is -1.32. The Morgan fingerprint density at radius 2 is 1.88 bits per heavy atom. The van der Waals surface area contributed by atoms with Gasteiger partial charge in [0.05, 0.1) is 21.4 Å². The quantitative estimate of drug-likeness (QED) is 0.819. The van der Waals surface area contributed by atoms with E-state index in [1.54, 1.807) is 24.4 Å². The van der Waals surface area contributed by atoms with Crippen molar-refractivity contribution in [2.24, 2.45) is 4.99 Å². The van der Waals surface area contributed by atoms with Crippen molar-refractivity contribution in [2.75, 3.05) is 0 Å². The molecule has 3 nitrogen and oxygen atoms in total. The van der Waals surface area contributed by atoms with Crippen LogP contribution in [0.2, 0.25) is 10.0 Å². The number of nitrogens with one attached hydrogen (secondary N) is 1. The van der Waals surface area contributed by atoms with E-state index in [-0.39, 0.29) is 0 Å². The molecule has 2 aromatic rings. The maximum absolute atomic E-state index is 6.05.